The second-order valence-corrected chi connectivity index (χ2v) is 3.23. The number of nitrogens with one attached hydrogen (secondary N) is 1. The van der Waals surface area contributed by atoms with E-state index in [0.29, 0.717) is 6.04 Å². The highest BCUT2D eigenvalue weighted by Crippen LogP contribution is 1.92. The molecular formula is C12H22N2O. The van der Waals surface area contributed by atoms with Crippen LogP contribution in [-0.4, -0.2) is 19.5 Å². The predicted octanol–water partition coefficient (Wildman–Crippen LogP) is 1.71. The summed E-state index contributed by atoms with van der Waals surface area (Å²) < 4.78 is 0. The van der Waals surface area contributed by atoms with Crippen LogP contribution in [0.3, 0.4) is 0 Å². The van der Waals surface area contributed by atoms with Crippen LogP contribution in [0.1, 0.15) is 19.4 Å². The summed E-state index contributed by atoms with van der Waals surface area (Å²) in [4.78, 5) is 8.58. The molecule has 0 aliphatic carbocycles. The Morgan fingerprint density at radius 1 is 1.27 bits per heavy atom. The van der Waals surface area contributed by atoms with E-state index in [9.17, 15) is 0 Å². The Morgan fingerprint density at radius 2 is 1.60 bits per heavy atom. The zero-order chi connectivity index (χ0) is 12.1. The van der Waals surface area contributed by atoms with Gasteiger partial charge >= 0.3 is 0 Å². The largest absolute Gasteiger partial charge is 0.372 e. The average Bonchev–Trinajstić information content (AvgIpc) is 2.21. The Balaban J connectivity index is 0. The molecule has 0 saturated heterocycles. The number of carbonyl (C=O) groups is 1. The highest BCUT2D eigenvalue weighted by atomic mass is 16.1. The quantitative estimate of drug-likeness (QED) is 0.693. The van der Waals surface area contributed by atoms with Crippen molar-refractivity contribution in [3.63, 3.8) is 0 Å². The fourth-order valence-electron chi connectivity index (χ4n) is 0.534. The standard InChI is InChI=1S/C7H8.C4H11N.CH3NO/c1-7-5-3-2-4-6-7;1-4(2)5-3;2-1-3/h2-6H,1H3;4-5H,1-3H3;1H,(H2,2,3). The van der Waals surface area contributed by atoms with Gasteiger partial charge in [0.05, 0.1) is 0 Å². The van der Waals surface area contributed by atoms with E-state index >= 15 is 0 Å². The molecule has 1 aromatic rings. The van der Waals surface area contributed by atoms with Crippen molar-refractivity contribution >= 4 is 6.41 Å². The minimum absolute atomic E-state index is 0.250. The highest BCUT2D eigenvalue weighted by Gasteiger charge is 1.77. The fourth-order valence-corrected chi connectivity index (χ4v) is 0.534. The van der Waals surface area contributed by atoms with Crippen LogP contribution in [0.5, 0.6) is 0 Å². The van der Waals surface area contributed by atoms with Gasteiger partial charge in [0.2, 0.25) is 6.41 Å². The molecule has 0 unspecified atom stereocenters. The summed E-state index contributed by atoms with van der Waals surface area (Å²) in [5.41, 5.74) is 5.49. The van der Waals surface area contributed by atoms with E-state index < -0.39 is 0 Å². The van der Waals surface area contributed by atoms with Crippen molar-refractivity contribution in [1.29, 1.82) is 0 Å². The molecule has 15 heavy (non-hydrogen) atoms. The van der Waals surface area contributed by atoms with E-state index in [1.54, 1.807) is 0 Å². The second-order valence-electron chi connectivity index (χ2n) is 3.23. The number of hydrogen-bond acceptors (Lipinski definition) is 2. The monoisotopic (exact) mass is 210 g/mol. The molecule has 0 aliphatic heterocycles. The smallest absolute Gasteiger partial charge is 0.204 e. The maximum absolute atomic E-state index is 8.58. The molecule has 0 aromatic heterocycles. The fraction of sp³-hybridized carbons (Fsp3) is 0.417. The van der Waals surface area contributed by atoms with Gasteiger partial charge in [0.1, 0.15) is 0 Å². The van der Waals surface area contributed by atoms with Gasteiger partial charge in [0.25, 0.3) is 0 Å². The molecule has 3 heteroatoms. The van der Waals surface area contributed by atoms with Crippen LogP contribution in [0, 0.1) is 6.92 Å². The van der Waals surface area contributed by atoms with Gasteiger partial charge in [-0.3, -0.25) is 4.79 Å². The third-order valence-corrected chi connectivity index (χ3v) is 1.52. The first kappa shape index (κ1) is 16.1. The molecule has 0 fully saturated rings. The van der Waals surface area contributed by atoms with E-state index in [0.717, 1.165) is 0 Å². The minimum atomic E-state index is 0.250. The summed E-state index contributed by atoms with van der Waals surface area (Å²) in [6, 6.07) is 10.9. The molecule has 3 N–H and O–H groups in total. The molecule has 0 saturated carbocycles. The third-order valence-electron chi connectivity index (χ3n) is 1.52. The van der Waals surface area contributed by atoms with E-state index in [4.69, 9.17) is 4.79 Å². The van der Waals surface area contributed by atoms with Gasteiger partial charge in [0, 0.05) is 6.04 Å². The Hall–Kier alpha value is -1.35. The van der Waals surface area contributed by atoms with Crippen molar-refractivity contribution in [1.82, 2.24) is 5.32 Å². The van der Waals surface area contributed by atoms with Gasteiger partial charge in [-0.15, -0.1) is 0 Å². The normalized spacial score (nSPS) is 8.07. The van der Waals surface area contributed by atoms with Gasteiger partial charge in [-0.05, 0) is 14.0 Å². The van der Waals surface area contributed by atoms with Crippen LogP contribution in [-0.2, 0) is 4.79 Å². The summed E-state index contributed by atoms with van der Waals surface area (Å²) in [6.45, 7) is 6.31. The first-order valence-electron chi connectivity index (χ1n) is 4.92. The Morgan fingerprint density at radius 3 is 1.73 bits per heavy atom. The molecule has 1 aromatic carbocycles. The maximum Gasteiger partial charge on any atom is 0.204 e. The van der Waals surface area contributed by atoms with E-state index in [-0.39, 0.29) is 6.41 Å². The summed E-state index contributed by atoms with van der Waals surface area (Å²) in [5.74, 6) is 0. The topological polar surface area (TPSA) is 55.1 Å². The number of primary amides is 1. The van der Waals surface area contributed by atoms with Crippen LogP contribution in [0.4, 0.5) is 0 Å². The van der Waals surface area contributed by atoms with E-state index in [2.05, 4.69) is 44.0 Å². The van der Waals surface area contributed by atoms with Crippen molar-refractivity contribution in [2.24, 2.45) is 5.73 Å². The second kappa shape index (κ2) is 12.7. The molecule has 0 bridgehead atoms. The Bertz CT molecular complexity index is 222. The first-order chi connectivity index (χ1) is 7.08. The van der Waals surface area contributed by atoms with Crippen LogP contribution in [0.2, 0.25) is 0 Å². The molecule has 1 rings (SSSR count). The van der Waals surface area contributed by atoms with E-state index in [1.165, 1.54) is 5.56 Å². The molecular weight excluding hydrogens is 188 g/mol. The van der Waals surface area contributed by atoms with Crippen LogP contribution >= 0.6 is 0 Å². The van der Waals surface area contributed by atoms with Crippen molar-refractivity contribution < 1.29 is 4.79 Å². The van der Waals surface area contributed by atoms with E-state index in [1.807, 2.05) is 25.2 Å². The van der Waals surface area contributed by atoms with Crippen molar-refractivity contribution in [2.45, 2.75) is 26.8 Å². The zero-order valence-corrected chi connectivity index (χ0v) is 10.0. The van der Waals surface area contributed by atoms with Crippen molar-refractivity contribution in [3.8, 4) is 0 Å². The first-order valence-corrected chi connectivity index (χ1v) is 4.92. The van der Waals surface area contributed by atoms with Crippen LogP contribution in [0.25, 0.3) is 0 Å². The number of carbonyl (C=O) groups excluding carboxylic acids is 1. The average molecular weight is 210 g/mol. The predicted molar refractivity (Wildman–Crippen MR) is 65.6 cm³/mol. The molecule has 0 atom stereocenters. The Kier molecular flexibility index (Phi) is 13.6. The number of rotatable bonds is 1. The summed E-state index contributed by atoms with van der Waals surface area (Å²) in [7, 11) is 1.95. The summed E-state index contributed by atoms with van der Waals surface area (Å²) >= 11 is 0. The number of benzene rings is 1. The SMILES string of the molecule is CNC(C)C.Cc1ccccc1.NC=O. The van der Waals surface area contributed by atoms with Gasteiger partial charge in [-0.25, -0.2) is 0 Å². The zero-order valence-electron chi connectivity index (χ0n) is 10.0. The lowest BCUT2D eigenvalue weighted by Gasteiger charge is -1.95. The molecule has 0 aliphatic rings. The Labute approximate surface area is 92.7 Å². The van der Waals surface area contributed by atoms with Gasteiger partial charge in [0.15, 0.2) is 0 Å². The molecule has 0 heterocycles. The number of nitrogens with two attached hydrogens (primary N) is 1. The summed E-state index contributed by atoms with van der Waals surface area (Å²) in [5, 5.41) is 3.03. The van der Waals surface area contributed by atoms with Gasteiger partial charge < -0.3 is 11.1 Å². The molecule has 1 amide bonds. The van der Waals surface area contributed by atoms with Gasteiger partial charge in [-0.2, -0.15) is 0 Å². The maximum atomic E-state index is 8.58. The van der Waals surface area contributed by atoms with Crippen molar-refractivity contribution in [2.75, 3.05) is 7.05 Å². The lowest BCUT2D eigenvalue weighted by atomic mass is 10.2. The summed E-state index contributed by atoms with van der Waals surface area (Å²) in [6.07, 6.45) is 0.250. The number of amides is 1. The molecule has 3 nitrogen and oxygen atoms in total. The highest BCUT2D eigenvalue weighted by molar-refractivity contribution is 5.42. The molecule has 0 spiro atoms. The van der Waals surface area contributed by atoms with Crippen molar-refractivity contribution in [3.05, 3.63) is 35.9 Å². The lowest BCUT2D eigenvalue weighted by molar-refractivity contribution is -0.106. The number of aryl methyl sites for hydroxylation is 1. The third kappa shape index (κ3) is 19.2. The molecule has 0 radical (unpaired) electrons. The van der Waals surface area contributed by atoms with Crippen LogP contribution in [0.15, 0.2) is 30.3 Å². The van der Waals surface area contributed by atoms with Crippen LogP contribution < -0.4 is 11.1 Å². The lowest BCUT2D eigenvalue weighted by Crippen LogP contribution is -2.15. The number of hydrogen-bond donors (Lipinski definition) is 2. The molecule has 86 valence electrons. The van der Waals surface area contributed by atoms with Gasteiger partial charge in [-0.1, -0.05) is 49.7 Å². The minimum Gasteiger partial charge on any atom is -0.372 e.